The highest BCUT2D eigenvalue weighted by Crippen LogP contribution is 2.34. The lowest BCUT2D eigenvalue weighted by Gasteiger charge is -2.24. The maximum absolute atomic E-state index is 12.8. The number of nitrogens with zero attached hydrogens (tertiary/aromatic N) is 1. The third-order valence-corrected chi connectivity index (χ3v) is 5.79. The Morgan fingerprint density at radius 2 is 2.00 bits per heavy atom. The summed E-state index contributed by atoms with van der Waals surface area (Å²) in [5, 5.41) is 0. The predicted molar refractivity (Wildman–Crippen MR) is 79.4 cm³/mol. The minimum absolute atomic E-state index is 0. The molecule has 1 saturated heterocycles. The first-order chi connectivity index (χ1) is 9.67. The van der Waals surface area contributed by atoms with Crippen LogP contribution in [-0.4, -0.2) is 31.9 Å². The molecule has 0 spiro atoms. The molecular weight excluding hydrogens is 341 g/mol. The average molecular weight is 359 g/mol. The van der Waals surface area contributed by atoms with E-state index in [1.165, 1.54) is 17.3 Å². The number of aryl methyl sites for hydroxylation is 1. The summed E-state index contributed by atoms with van der Waals surface area (Å²) in [4.78, 5) is -0.294. The van der Waals surface area contributed by atoms with Crippen molar-refractivity contribution in [2.75, 3.05) is 13.1 Å². The number of hydrogen-bond donors (Lipinski definition) is 1. The fourth-order valence-electron chi connectivity index (χ4n) is 2.54. The van der Waals surface area contributed by atoms with Crippen molar-refractivity contribution >= 4 is 22.4 Å². The van der Waals surface area contributed by atoms with Crippen LogP contribution in [0.5, 0.6) is 0 Å². The van der Waals surface area contributed by atoms with Crippen LogP contribution in [0.1, 0.15) is 24.0 Å². The Hall–Kier alpha value is -0.830. The molecule has 1 atom stereocenters. The van der Waals surface area contributed by atoms with Crippen molar-refractivity contribution in [3.8, 4) is 0 Å². The zero-order chi connectivity index (χ0) is 15.8. The molecule has 0 aromatic heterocycles. The highest BCUT2D eigenvalue weighted by molar-refractivity contribution is 7.89. The van der Waals surface area contributed by atoms with Gasteiger partial charge in [0, 0.05) is 19.1 Å². The average Bonchev–Trinajstić information content (AvgIpc) is 2.86. The SMILES string of the molecule is Cc1ccc(C(F)(F)F)cc1S(=O)(=O)N1CCCC1CN.Cl. The van der Waals surface area contributed by atoms with Gasteiger partial charge >= 0.3 is 6.18 Å². The fraction of sp³-hybridized carbons (Fsp3) is 0.538. The van der Waals surface area contributed by atoms with Crippen molar-refractivity contribution in [3.63, 3.8) is 0 Å². The van der Waals surface area contributed by atoms with Gasteiger partial charge in [0.05, 0.1) is 10.5 Å². The molecule has 0 amide bonds. The Balaban J connectivity index is 0.00000242. The van der Waals surface area contributed by atoms with E-state index in [2.05, 4.69) is 0 Å². The molecule has 1 aliphatic rings. The van der Waals surface area contributed by atoms with Crippen LogP contribution < -0.4 is 5.73 Å². The second-order valence-corrected chi connectivity index (χ2v) is 6.98. The van der Waals surface area contributed by atoms with Crippen molar-refractivity contribution in [1.29, 1.82) is 0 Å². The Morgan fingerprint density at radius 3 is 2.55 bits per heavy atom. The van der Waals surface area contributed by atoms with Crippen LogP contribution in [0, 0.1) is 6.92 Å². The van der Waals surface area contributed by atoms with E-state index >= 15 is 0 Å². The van der Waals surface area contributed by atoms with E-state index in [1.54, 1.807) is 0 Å². The fourth-order valence-corrected chi connectivity index (χ4v) is 4.50. The van der Waals surface area contributed by atoms with Gasteiger partial charge in [-0.05, 0) is 37.5 Å². The van der Waals surface area contributed by atoms with E-state index in [1.807, 2.05) is 0 Å². The monoisotopic (exact) mass is 358 g/mol. The standard InChI is InChI=1S/C13H17F3N2O2S.ClH/c1-9-4-5-10(13(14,15)16)7-12(9)21(19,20)18-6-2-3-11(18)8-17;/h4-5,7,11H,2-3,6,8,17H2,1H3;1H. The first-order valence-corrected chi connectivity index (χ1v) is 8.01. The summed E-state index contributed by atoms with van der Waals surface area (Å²) < 4.78 is 64.8. The van der Waals surface area contributed by atoms with E-state index in [4.69, 9.17) is 5.73 Å². The van der Waals surface area contributed by atoms with Gasteiger partial charge in [-0.3, -0.25) is 0 Å². The van der Waals surface area contributed by atoms with Crippen molar-refractivity contribution < 1.29 is 21.6 Å². The zero-order valence-electron chi connectivity index (χ0n) is 11.9. The molecule has 126 valence electrons. The molecule has 1 unspecified atom stereocenters. The van der Waals surface area contributed by atoms with Crippen LogP contribution in [0.25, 0.3) is 0 Å². The van der Waals surface area contributed by atoms with Gasteiger partial charge in [0.25, 0.3) is 0 Å². The van der Waals surface area contributed by atoms with E-state index in [0.717, 1.165) is 6.07 Å². The second-order valence-electron chi connectivity index (χ2n) is 5.13. The topological polar surface area (TPSA) is 63.4 Å². The predicted octanol–water partition coefficient (Wildman–Crippen LogP) is 2.55. The Kier molecular flexibility index (Phi) is 5.88. The molecule has 1 aromatic carbocycles. The lowest BCUT2D eigenvalue weighted by Crippen LogP contribution is -2.40. The number of sulfonamides is 1. The number of alkyl halides is 3. The lowest BCUT2D eigenvalue weighted by atomic mass is 10.1. The molecule has 0 bridgehead atoms. The van der Waals surface area contributed by atoms with Crippen molar-refractivity contribution in [3.05, 3.63) is 29.3 Å². The quantitative estimate of drug-likeness (QED) is 0.903. The number of benzene rings is 1. The van der Waals surface area contributed by atoms with Crippen LogP contribution in [0.3, 0.4) is 0 Å². The minimum atomic E-state index is -4.57. The summed E-state index contributed by atoms with van der Waals surface area (Å²) in [6.07, 6.45) is -3.27. The second kappa shape index (κ2) is 6.74. The molecule has 0 radical (unpaired) electrons. The zero-order valence-corrected chi connectivity index (χ0v) is 13.6. The minimum Gasteiger partial charge on any atom is -0.329 e. The summed E-state index contributed by atoms with van der Waals surface area (Å²) >= 11 is 0. The van der Waals surface area contributed by atoms with Crippen molar-refractivity contribution in [2.24, 2.45) is 5.73 Å². The van der Waals surface area contributed by atoms with Crippen molar-refractivity contribution in [1.82, 2.24) is 4.31 Å². The van der Waals surface area contributed by atoms with Crippen LogP contribution in [0.4, 0.5) is 13.2 Å². The molecule has 0 aliphatic carbocycles. The highest BCUT2D eigenvalue weighted by Gasteiger charge is 2.37. The van der Waals surface area contributed by atoms with E-state index in [-0.39, 0.29) is 29.9 Å². The lowest BCUT2D eigenvalue weighted by molar-refractivity contribution is -0.137. The van der Waals surface area contributed by atoms with Crippen LogP contribution >= 0.6 is 12.4 Å². The summed E-state index contributed by atoms with van der Waals surface area (Å²) in [7, 11) is -3.96. The van der Waals surface area contributed by atoms with E-state index in [9.17, 15) is 21.6 Å². The molecule has 1 fully saturated rings. The normalized spacial score (nSPS) is 20.0. The first kappa shape index (κ1) is 19.2. The van der Waals surface area contributed by atoms with Gasteiger partial charge in [-0.25, -0.2) is 8.42 Å². The molecule has 2 N–H and O–H groups in total. The molecular formula is C13H18ClF3N2O2S. The largest absolute Gasteiger partial charge is 0.416 e. The summed E-state index contributed by atoms with van der Waals surface area (Å²) in [5.74, 6) is 0. The van der Waals surface area contributed by atoms with Gasteiger partial charge in [0.15, 0.2) is 0 Å². The molecule has 2 rings (SSSR count). The summed E-state index contributed by atoms with van der Waals surface area (Å²) in [5.41, 5.74) is 4.88. The summed E-state index contributed by atoms with van der Waals surface area (Å²) in [6, 6.07) is 2.43. The molecule has 1 aliphatic heterocycles. The van der Waals surface area contributed by atoms with E-state index in [0.29, 0.717) is 31.0 Å². The van der Waals surface area contributed by atoms with Crippen LogP contribution in [0.15, 0.2) is 23.1 Å². The highest BCUT2D eigenvalue weighted by atomic mass is 35.5. The van der Waals surface area contributed by atoms with Gasteiger partial charge in [0.2, 0.25) is 10.0 Å². The smallest absolute Gasteiger partial charge is 0.329 e. The van der Waals surface area contributed by atoms with Crippen LogP contribution in [-0.2, 0) is 16.2 Å². The molecule has 9 heteroatoms. The van der Waals surface area contributed by atoms with Gasteiger partial charge in [0.1, 0.15) is 0 Å². The molecule has 1 aromatic rings. The summed E-state index contributed by atoms with van der Waals surface area (Å²) in [6.45, 7) is 1.94. The molecule has 0 saturated carbocycles. The van der Waals surface area contributed by atoms with E-state index < -0.39 is 21.8 Å². The first-order valence-electron chi connectivity index (χ1n) is 6.57. The molecule has 4 nitrogen and oxygen atoms in total. The maximum atomic E-state index is 12.8. The van der Waals surface area contributed by atoms with Gasteiger partial charge in [-0.2, -0.15) is 17.5 Å². The van der Waals surface area contributed by atoms with Gasteiger partial charge in [-0.1, -0.05) is 6.07 Å². The number of rotatable bonds is 3. The Labute approximate surface area is 133 Å². The maximum Gasteiger partial charge on any atom is 0.416 e. The third kappa shape index (κ3) is 3.56. The molecule has 22 heavy (non-hydrogen) atoms. The Morgan fingerprint density at radius 1 is 1.36 bits per heavy atom. The van der Waals surface area contributed by atoms with Gasteiger partial charge < -0.3 is 5.73 Å². The number of halogens is 4. The van der Waals surface area contributed by atoms with Gasteiger partial charge in [-0.15, -0.1) is 12.4 Å². The van der Waals surface area contributed by atoms with Crippen LogP contribution in [0.2, 0.25) is 0 Å². The third-order valence-electron chi connectivity index (χ3n) is 3.70. The van der Waals surface area contributed by atoms with Crippen molar-refractivity contribution in [2.45, 2.75) is 36.9 Å². The molecule has 1 heterocycles. The number of nitrogens with two attached hydrogens (primary N) is 1. The Bertz CT molecular complexity index is 635. The number of hydrogen-bond acceptors (Lipinski definition) is 3.